The Morgan fingerprint density at radius 1 is 1.45 bits per heavy atom. The van der Waals surface area contributed by atoms with Crippen molar-refractivity contribution in [1.29, 1.82) is 0 Å². The molecule has 2 amide bonds. The number of carbonyl (C=O) groups is 2. The van der Waals surface area contributed by atoms with Crippen LogP contribution in [0, 0.1) is 0 Å². The number of alkyl halides is 3. The summed E-state index contributed by atoms with van der Waals surface area (Å²) in [7, 11) is 1.36. The Kier molecular flexibility index (Phi) is 6.50. The summed E-state index contributed by atoms with van der Waals surface area (Å²) >= 11 is 0. The lowest BCUT2D eigenvalue weighted by molar-refractivity contribution is -0.203. The van der Waals surface area contributed by atoms with E-state index in [0.717, 1.165) is 4.90 Å². The second-order valence-corrected chi connectivity index (χ2v) is 4.09. The van der Waals surface area contributed by atoms with Crippen LogP contribution in [0.5, 0.6) is 0 Å². The normalized spacial score (nSPS) is 14.2. The largest absolute Gasteiger partial charge is 0.479 e. The monoisotopic (exact) mass is 298 g/mol. The number of nitrogens with zero attached hydrogens (tertiary/aromatic N) is 1. The molecule has 0 rings (SSSR count). The van der Waals surface area contributed by atoms with Gasteiger partial charge >= 0.3 is 18.2 Å². The van der Waals surface area contributed by atoms with E-state index in [1.807, 2.05) is 0 Å². The molecular weight excluding hydrogens is 281 g/mol. The topological polar surface area (TPSA) is 78.9 Å². The number of carbonyl (C=O) groups excluding carboxylic acids is 1. The van der Waals surface area contributed by atoms with Gasteiger partial charge in [0.25, 0.3) is 0 Å². The van der Waals surface area contributed by atoms with Crippen LogP contribution in [-0.2, 0) is 9.53 Å². The Morgan fingerprint density at radius 3 is 2.35 bits per heavy atom. The minimum absolute atomic E-state index is 0.00189. The van der Waals surface area contributed by atoms with Gasteiger partial charge in [-0.25, -0.2) is 9.59 Å². The van der Waals surface area contributed by atoms with E-state index in [1.165, 1.54) is 18.5 Å². The van der Waals surface area contributed by atoms with Gasteiger partial charge in [0, 0.05) is 20.2 Å². The first kappa shape index (κ1) is 18.2. The summed E-state index contributed by atoms with van der Waals surface area (Å²) in [5.74, 6) is -2.19. The van der Waals surface area contributed by atoms with Crippen molar-refractivity contribution in [1.82, 2.24) is 10.2 Å². The van der Waals surface area contributed by atoms with Crippen LogP contribution >= 0.6 is 0 Å². The highest BCUT2D eigenvalue weighted by Gasteiger charge is 2.58. The van der Waals surface area contributed by atoms with Gasteiger partial charge in [-0.2, -0.15) is 13.2 Å². The van der Waals surface area contributed by atoms with Gasteiger partial charge in [-0.05, 0) is 6.92 Å². The van der Waals surface area contributed by atoms with Gasteiger partial charge in [-0.15, -0.1) is 6.58 Å². The van der Waals surface area contributed by atoms with E-state index in [0.29, 0.717) is 6.92 Å². The average Bonchev–Trinajstić information content (AvgIpc) is 2.32. The summed E-state index contributed by atoms with van der Waals surface area (Å²) in [6.07, 6.45) is -3.82. The third-order valence-corrected chi connectivity index (χ3v) is 2.55. The molecule has 0 aromatic rings. The number of carboxylic acids is 1. The third-order valence-electron chi connectivity index (χ3n) is 2.55. The fourth-order valence-electron chi connectivity index (χ4n) is 1.17. The quantitative estimate of drug-likeness (QED) is 0.693. The van der Waals surface area contributed by atoms with Crippen molar-refractivity contribution in [3.05, 3.63) is 12.7 Å². The van der Waals surface area contributed by atoms with Gasteiger partial charge in [0.1, 0.15) is 0 Å². The predicted molar refractivity (Wildman–Crippen MR) is 64.3 cm³/mol. The molecule has 0 aliphatic heterocycles. The molecular formula is C11H17F3N2O4. The van der Waals surface area contributed by atoms with Crippen LogP contribution in [0.1, 0.15) is 6.92 Å². The number of carboxylic acid groups (broad SMARTS) is 1. The van der Waals surface area contributed by atoms with Gasteiger partial charge in [-0.3, -0.25) is 0 Å². The fourth-order valence-corrected chi connectivity index (χ4v) is 1.17. The van der Waals surface area contributed by atoms with Crippen molar-refractivity contribution in [3.63, 3.8) is 0 Å². The van der Waals surface area contributed by atoms with Crippen molar-refractivity contribution in [2.45, 2.75) is 18.6 Å². The van der Waals surface area contributed by atoms with Gasteiger partial charge < -0.3 is 20.1 Å². The van der Waals surface area contributed by atoms with Crippen LogP contribution in [0.2, 0.25) is 0 Å². The van der Waals surface area contributed by atoms with Crippen LogP contribution in [0.3, 0.4) is 0 Å². The lowest BCUT2D eigenvalue weighted by Crippen LogP contribution is -2.64. The molecule has 0 aliphatic rings. The highest BCUT2D eigenvalue weighted by molar-refractivity contribution is 5.86. The molecule has 116 valence electrons. The molecule has 20 heavy (non-hydrogen) atoms. The Balaban J connectivity index is 5.07. The molecule has 0 aromatic carbocycles. The molecule has 0 heterocycles. The summed E-state index contributed by atoms with van der Waals surface area (Å²) in [5.41, 5.74) is -3.36. The minimum atomic E-state index is -5.13. The molecule has 0 spiro atoms. The van der Waals surface area contributed by atoms with Gasteiger partial charge in [0.05, 0.1) is 6.61 Å². The SMILES string of the molecule is C=CCN(CCOC)C(=O)NC(C)(C(=O)O)C(F)(F)F. The summed E-state index contributed by atoms with van der Waals surface area (Å²) in [5, 5.41) is 10.2. The summed E-state index contributed by atoms with van der Waals surface area (Å²) in [6.45, 7) is 3.81. The molecule has 9 heteroatoms. The first-order valence-corrected chi connectivity index (χ1v) is 5.57. The second-order valence-electron chi connectivity index (χ2n) is 4.09. The molecule has 6 nitrogen and oxygen atoms in total. The van der Waals surface area contributed by atoms with Gasteiger partial charge in [0.2, 0.25) is 5.54 Å². The Bertz CT molecular complexity index is 373. The maximum absolute atomic E-state index is 12.8. The smallest absolute Gasteiger partial charge is 0.422 e. The fraction of sp³-hybridized carbons (Fsp3) is 0.636. The number of hydrogen-bond donors (Lipinski definition) is 2. The maximum Gasteiger partial charge on any atom is 0.422 e. The zero-order valence-corrected chi connectivity index (χ0v) is 11.2. The number of aliphatic carboxylic acids is 1. The van der Waals surface area contributed by atoms with Crippen molar-refractivity contribution in [3.8, 4) is 0 Å². The molecule has 1 unspecified atom stereocenters. The highest BCUT2D eigenvalue weighted by Crippen LogP contribution is 2.30. The summed E-state index contributed by atoms with van der Waals surface area (Å²) in [4.78, 5) is 23.5. The van der Waals surface area contributed by atoms with Crippen LogP contribution < -0.4 is 5.32 Å². The maximum atomic E-state index is 12.8. The lowest BCUT2D eigenvalue weighted by atomic mass is 10.0. The van der Waals surface area contributed by atoms with Gasteiger partial charge in [0.15, 0.2) is 0 Å². The molecule has 0 saturated carbocycles. The molecule has 0 saturated heterocycles. The molecule has 0 fully saturated rings. The number of ether oxygens (including phenoxy) is 1. The zero-order valence-electron chi connectivity index (χ0n) is 11.2. The molecule has 0 aromatic heterocycles. The predicted octanol–water partition coefficient (Wildman–Crippen LogP) is 1.24. The van der Waals surface area contributed by atoms with E-state index < -0.39 is 23.7 Å². The summed E-state index contributed by atoms with van der Waals surface area (Å²) < 4.78 is 43.0. The third kappa shape index (κ3) is 4.41. The minimum Gasteiger partial charge on any atom is -0.479 e. The molecule has 0 bridgehead atoms. The number of hydrogen-bond acceptors (Lipinski definition) is 3. The van der Waals surface area contributed by atoms with Crippen LogP contribution in [-0.4, -0.2) is 60.5 Å². The first-order chi connectivity index (χ1) is 9.10. The Labute approximate surface area is 114 Å². The van der Waals surface area contributed by atoms with E-state index in [4.69, 9.17) is 9.84 Å². The molecule has 0 radical (unpaired) electrons. The van der Waals surface area contributed by atoms with E-state index in [-0.39, 0.29) is 19.7 Å². The number of nitrogens with one attached hydrogen (secondary N) is 1. The van der Waals surface area contributed by atoms with E-state index >= 15 is 0 Å². The molecule has 0 aliphatic carbocycles. The summed E-state index contributed by atoms with van der Waals surface area (Å²) in [6, 6.07) is -1.16. The Morgan fingerprint density at radius 2 is 2.00 bits per heavy atom. The Hall–Kier alpha value is -1.77. The zero-order chi connectivity index (χ0) is 16.0. The number of halogens is 3. The average molecular weight is 298 g/mol. The van der Waals surface area contributed by atoms with Crippen LogP contribution in [0.4, 0.5) is 18.0 Å². The van der Waals surface area contributed by atoms with Crippen LogP contribution in [0.15, 0.2) is 12.7 Å². The van der Waals surface area contributed by atoms with E-state index in [1.54, 1.807) is 0 Å². The van der Waals surface area contributed by atoms with E-state index in [9.17, 15) is 22.8 Å². The van der Waals surface area contributed by atoms with Crippen molar-refractivity contribution in [2.24, 2.45) is 0 Å². The molecule has 2 N–H and O–H groups in total. The highest BCUT2D eigenvalue weighted by atomic mass is 19.4. The lowest BCUT2D eigenvalue weighted by Gasteiger charge is -2.31. The second kappa shape index (κ2) is 7.13. The van der Waals surface area contributed by atoms with Crippen LogP contribution in [0.25, 0.3) is 0 Å². The first-order valence-electron chi connectivity index (χ1n) is 5.57. The van der Waals surface area contributed by atoms with Crippen molar-refractivity contribution in [2.75, 3.05) is 26.8 Å². The number of methoxy groups -OCH3 is 1. The standard InChI is InChI=1S/C11H17F3N2O4/c1-4-5-16(6-7-20-3)9(19)15-10(2,8(17)18)11(12,13)14/h4H,1,5-7H2,2-3H3,(H,15,19)(H,17,18). The number of urea groups is 1. The number of amides is 2. The van der Waals surface area contributed by atoms with Crippen molar-refractivity contribution >= 4 is 12.0 Å². The number of rotatable bonds is 7. The molecule has 1 atom stereocenters. The van der Waals surface area contributed by atoms with Gasteiger partial charge in [-0.1, -0.05) is 6.08 Å². The van der Waals surface area contributed by atoms with E-state index in [2.05, 4.69) is 6.58 Å². The van der Waals surface area contributed by atoms with Crippen molar-refractivity contribution < 1.29 is 32.6 Å².